The zero-order valence-electron chi connectivity index (χ0n) is 19.4. The summed E-state index contributed by atoms with van der Waals surface area (Å²) < 4.78 is 28.4. The van der Waals surface area contributed by atoms with E-state index in [1.165, 1.54) is 21.5 Å². The summed E-state index contributed by atoms with van der Waals surface area (Å²) in [4.78, 5) is 38.6. The summed E-state index contributed by atoms with van der Waals surface area (Å²) in [6.45, 7) is 0. The average Bonchev–Trinajstić information content (AvgIpc) is 3.17. The van der Waals surface area contributed by atoms with Gasteiger partial charge in [0, 0.05) is 11.8 Å². The van der Waals surface area contributed by atoms with Crippen LogP contribution in [-0.4, -0.2) is 44.7 Å². The number of anilines is 3. The molecule has 37 heavy (non-hydrogen) atoms. The molecule has 5 rings (SSSR count). The Balaban J connectivity index is 1.59. The number of fused-ring (bicyclic) bond motifs is 1. The summed E-state index contributed by atoms with van der Waals surface area (Å²) in [5, 5.41) is 2.70. The molecule has 3 heterocycles. The van der Waals surface area contributed by atoms with Crippen molar-refractivity contribution in [3.05, 3.63) is 95.3 Å². The molecule has 13 heteroatoms. The van der Waals surface area contributed by atoms with Gasteiger partial charge < -0.3 is 11.1 Å². The van der Waals surface area contributed by atoms with Crippen LogP contribution in [-0.2, 0) is 10.0 Å². The van der Waals surface area contributed by atoms with Crippen LogP contribution in [0.1, 0.15) is 10.4 Å². The first-order chi connectivity index (χ1) is 17.7. The highest BCUT2D eigenvalue weighted by molar-refractivity contribution is 7.92. The lowest BCUT2D eigenvalue weighted by Crippen LogP contribution is -2.22. The van der Waals surface area contributed by atoms with Gasteiger partial charge in [0.15, 0.2) is 11.5 Å². The second kappa shape index (κ2) is 9.20. The molecule has 0 spiro atoms. The van der Waals surface area contributed by atoms with Crippen molar-refractivity contribution < 1.29 is 13.2 Å². The Morgan fingerprint density at radius 3 is 2.41 bits per heavy atom. The number of nitrogen functional groups attached to an aromatic ring is 1. The van der Waals surface area contributed by atoms with Crippen molar-refractivity contribution >= 4 is 44.4 Å². The topological polar surface area (TPSA) is 167 Å². The van der Waals surface area contributed by atoms with Crippen LogP contribution in [0.3, 0.4) is 0 Å². The van der Waals surface area contributed by atoms with E-state index in [-0.39, 0.29) is 28.6 Å². The van der Waals surface area contributed by atoms with Gasteiger partial charge in [0.1, 0.15) is 17.7 Å². The molecule has 0 bridgehead atoms. The molecule has 2 aromatic carbocycles. The fourth-order valence-electron chi connectivity index (χ4n) is 3.83. The van der Waals surface area contributed by atoms with Crippen molar-refractivity contribution in [2.75, 3.05) is 22.0 Å². The number of rotatable bonds is 6. The minimum Gasteiger partial charge on any atom is -0.382 e. The van der Waals surface area contributed by atoms with Crippen molar-refractivity contribution in [1.29, 1.82) is 0 Å². The maximum absolute atomic E-state index is 13.7. The predicted octanol–water partition coefficient (Wildman–Crippen LogP) is 2.17. The number of hydrogen-bond acceptors (Lipinski definition) is 8. The largest absolute Gasteiger partial charge is 0.382 e. The number of hydrogen-bond donors (Lipinski definition) is 3. The average molecular weight is 517 g/mol. The molecule has 0 saturated heterocycles. The quantitative estimate of drug-likeness (QED) is 0.309. The van der Waals surface area contributed by atoms with Crippen LogP contribution in [0, 0.1) is 0 Å². The highest BCUT2D eigenvalue weighted by Gasteiger charge is 2.21. The molecule has 0 saturated carbocycles. The van der Waals surface area contributed by atoms with Crippen molar-refractivity contribution in [3.8, 4) is 11.4 Å². The van der Waals surface area contributed by atoms with Gasteiger partial charge in [-0.2, -0.15) is 0 Å². The highest BCUT2D eigenvalue weighted by Crippen LogP contribution is 2.24. The van der Waals surface area contributed by atoms with Gasteiger partial charge in [-0.3, -0.25) is 14.1 Å². The molecule has 0 fully saturated rings. The normalized spacial score (nSPS) is 11.4. The molecule has 4 N–H and O–H groups in total. The molecular weight excluding hydrogens is 496 g/mol. The highest BCUT2D eigenvalue weighted by atomic mass is 32.2. The van der Waals surface area contributed by atoms with Crippen LogP contribution in [0.5, 0.6) is 0 Å². The van der Waals surface area contributed by atoms with Crippen LogP contribution in [0.2, 0.25) is 0 Å². The van der Waals surface area contributed by atoms with E-state index in [2.05, 4.69) is 25.0 Å². The summed E-state index contributed by atoms with van der Waals surface area (Å²) in [5.74, 6) is 0.120. The molecule has 0 aliphatic carbocycles. The number of imidazole rings is 1. The maximum Gasteiger partial charge on any atom is 0.339 e. The second-order valence-electron chi connectivity index (χ2n) is 8.03. The molecular formula is C24H20N8O4S. The Hall–Kier alpha value is -5.04. The number of nitrogens with zero attached hydrogens (tertiary/aromatic N) is 5. The van der Waals surface area contributed by atoms with E-state index in [4.69, 9.17) is 5.73 Å². The number of benzene rings is 2. The fraction of sp³-hybridized carbons (Fsp3) is 0.0417. The first kappa shape index (κ1) is 23.7. The van der Waals surface area contributed by atoms with Crippen molar-refractivity contribution in [2.45, 2.75) is 0 Å². The van der Waals surface area contributed by atoms with Crippen LogP contribution in [0.15, 0.2) is 84.0 Å². The van der Waals surface area contributed by atoms with Crippen LogP contribution >= 0.6 is 0 Å². The van der Waals surface area contributed by atoms with E-state index in [1.54, 1.807) is 66.9 Å². The molecule has 5 aromatic rings. The van der Waals surface area contributed by atoms with Gasteiger partial charge in [0.05, 0.1) is 23.3 Å². The van der Waals surface area contributed by atoms with Crippen molar-refractivity contribution in [3.63, 3.8) is 0 Å². The molecule has 0 atom stereocenters. The molecule has 0 aliphatic heterocycles. The van der Waals surface area contributed by atoms with Gasteiger partial charge in [-0.15, -0.1) is 0 Å². The van der Waals surface area contributed by atoms with E-state index in [1.807, 2.05) is 0 Å². The van der Waals surface area contributed by atoms with Gasteiger partial charge in [-0.25, -0.2) is 32.7 Å². The maximum atomic E-state index is 13.7. The molecule has 0 unspecified atom stereocenters. The SMILES string of the molecule is CS(=O)(=O)Nc1cccc(-n2c(=O)n(-c3ccc(C(=O)Nc4ccccn4)cc3)c3c(N)ncnc32)c1. The molecule has 3 aromatic heterocycles. The first-order valence-electron chi connectivity index (χ1n) is 10.9. The summed E-state index contributed by atoms with van der Waals surface area (Å²) in [6.07, 6.45) is 3.84. The first-order valence-corrected chi connectivity index (χ1v) is 12.8. The Bertz CT molecular complexity index is 1800. The lowest BCUT2D eigenvalue weighted by Gasteiger charge is -2.07. The van der Waals surface area contributed by atoms with Gasteiger partial charge in [0.25, 0.3) is 5.91 Å². The number of nitrogens with two attached hydrogens (primary N) is 1. The lowest BCUT2D eigenvalue weighted by molar-refractivity contribution is 0.102. The predicted molar refractivity (Wildman–Crippen MR) is 140 cm³/mol. The van der Waals surface area contributed by atoms with Gasteiger partial charge in [-0.1, -0.05) is 12.1 Å². The molecule has 1 amide bonds. The zero-order valence-corrected chi connectivity index (χ0v) is 20.2. The lowest BCUT2D eigenvalue weighted by atomic mass is 10.2. The van der Waals surface area contributed by atoms with E-state index in [0.29, 0.717) is 22.8 Å². The van der Waals surface area contributed by atoms with Crippen molar-refractivity contribution in [1.82, 2.24) is 24.1 Å². The van der Waals surface area contributed by atoms with Crippen LogP contribution < -0.4 is 21.5 Å². The number of carbonyl (C=O) groups is 1. The molecule has 0 aliphatic rings. The molecule has 12 nitrogen and oxygen atoms in total. The summed E-state index contributed by atoms with van der Waals surface area (Å²) >= 11 is 0. The fourth-order valence-corrected chi connectivity index (χ4v) is 4.38. The van der Waals surface area contributed by atoms with Crippen molar-refractivity contribution in [2.24, 2.45) is 0 Å². The third kappa shape index (κ3) is 4.75. The number of nitrogens with one attached hydrogen (secondary N) is 2. The van der Waals surface area contributed by atoms with E-state index < -0.39 is 15.7 Å². The Labute approximate surface area is 210 Å². The number of pyridine rings is 1. The number of aromatic nitrogens is 5. The second-order valence-corrected chi connectivity index (χ2v) is 9.77. The smallest absolute Gasteiger partial charge is 0.339 e. The van der Waals surface area contributed by atoms with E-state index in [0.717, 1.165) is 6.26 Å². The Morgan fingerprint density at radius 1 is 0.919 bits per heavy atom. The standard InChI is InChI=1S/C24H20N8O4S/c1-37(35,36)30-16-5-4-6-18(13-16)32-22-20(21(25)27-14-28-22)31(24(32)34)17-10-8-15(9-11-17)23(33)29-19-7-2-3-12-26-19/h2-14,30H,1H3,(H2,25,27,28)(H,26,29,33). The summed E-state index contributed by atoms with van der Waals surface area (Å²) in [7, 11) is -3.53. The van der Waals surface area contributed by atoms with Gasteiger partial charge in [0.2, 0.25) is 10.0 Å². The van der Waals surface area contributed by atoms with E-state index in [9.17, 15) is 18.0 Å². The molecule has 186 valence electrons. The van der Waals surface area contributed by atoms with Crippen LogP contribution in [0.4, 0.5) is 17.3 Å². The number of carbonyl (C=O) groups excluding carboxylic acids is 1. The van der Waals surface area contributed by atoms with Gasteiger partial charge >= 0.3 is 5.69 Å². The Morgan fingerprint density at radius 2 is 1.70 bits per heavy atom. The monoisotopic (exact) mass is 516 g/mol. The molecule has 0 radical (unpaired) electrons. The summed E-state index contributed by atoms with van der Waals surface area (Å²) in [5.41, 5.74) is 7.55. The van der Waals surface area contributed by atoms with Crippen LogP contribution in [0.25, 0.3) is 22.5 Å². The third-order valence-electron chi connectivity index (χ3n) is 5.35. The third-order valence-corrected chi connectivity index (χ3v) is 5.96. The minimum absolute atomic E-state index is 0.0724. The van der Waals surface area contributed by atoms with E-state index >= 15 is 0 Å². The number of amides is 1. The zero-order chi connectivity index (χ0) is 26.2. The number of sulfonamides is 1. The Kier molecular flexibility index (Phi) is 5.89. The van der Waals surface area contributed by atoms with Gasteiger partial charge in [-0.05, 0) is 54.6 Å². The minimum atomic E-state index is -3.53. The summed E-state index contributed by atoms with van der Waals surface area (Å²) in [6, 6.07) is 17.8.